The zero-order chi connectivity index (χ0) is 20.0. The summed E-state index contributed by atoms with van der Waals surface area (Å²) in [5.74, 6) is -0.657. The first kappa shape index (κ1) is 26.4. The molecule has 1 N–H and O–H groups in total. The molecule has 0 spiro atoms. The van der Waals surface area contributed by atoms with Crippen molar-refractivity contribution in [2.75, 3.05) is 6.61 Å². The standard InChI is InChI=1S/C24H48O3/c1-3-5-6-19-22-27-23(4-2)20-17-15-13-11-9-7-8-10-12-14-16-18-21-24(25)26/h23H,3-22H2,1-2H3,(H,25,26). The summed E-state index contributed by atoms with van der Waals surface area (Å²) >= 11 is 0. The zero-order valence-corrected chi connectivity index (χ0v) is 18.5. The highest BCUT2D eigenvalue weighted by Gasteiger charge is 2.06. The molecule has 0 saturated carbocycles. The Morgan fingerprint density at radius 3 is 1.67 bits per heavy atom. The van der Waals surface area contributed by atoms with Crippen molar-refractivity contribution >= 4 is 5.97 Å². The Labute approximate surface area is 169 Å². The van der Waals surface area contributed by atoms with Gasteiger partial charge >= 0.3 is 5.97 Å². The second kappa shape index (κ2) is 21.7. The van der Waals surface area contributed by atoms with Crippen molar-refractivity contribution in [3.05, 3.63) is 0 Å². The first-order chi connectivity index (χ1) is 13.2. The molecule has 0 radical (unpaired) electrons. The van der Waals surface area contributed by atoms with E-state index in [1.54, 1.807) is 0 Å². The molecule has 0 saturated heterocycles. The molecule has 0 rings (SSSR count). The topological polar surface area (TPSA) is 46.5 Å². The minimum atomic E-state index is -0.657. The second-order valence-corrected chi connectivity index (χ2v) is 8.14. The fourth-order valence-corrected chi connectivity index (χ4v) is 3.60. The number of hydrogen-bond donors (Lipinski definition) is 1. The predicted octanol–water partition coefficient (Wildman–Crippen LogP) is 7.91. The van der Waals surface area contributed by atoms with Crippen molar-refractivity contribution in [2.24, 2.45) is 0 Å². The molecule has 3 nitrogen and oxygen atoms in total. The molecule has 0 aromatic rings. The van der Waals surface area contributed by atoms with Crippen LogP contribution < -0.4 is 0 Å². The van der Waals surface area contributed by atoms with Gasteiger partial charge < -0.3 is 9.84 Å². The summed E-state index contributed by atoms with van der Waals surface area (Å²) in [6, 6.07) is 0. The predicted molar refractivity (Wildman–Crippen MR) is 116 cm³/mol. The number of carbonyl (C=O) groups is 1. The quantitative estimate of drug-likeness (QED) is 0.193. The van der Waals surface area contributed by atoms with Crippen molar-refractivity contribution in [3.63, 3.8) is 0 Å². The summed E-state index contributed by atoms with van der Waals surface area (Å²) in [5.41, 5.74) is 0. The molecular weight excluding hydrogens is 336 g/mol. The Morgan fingerprint density at radius 1 is 0.704 bits per heavy atom. The number of aliphatic carboxylic acids is 1. The Morgan fingerprint density at radius 2 is 1.19 bits per heavy atom. The van der Waals surface area contributed by atoms with E-state index in [0.29, 0.717) is 12.5 Å². The van der Waals surface area contributed by atoms with E-state index in [9.17, 15) is 4.79 Å². The third-order valence-corrected chi connectivity index (χ3v) is 5.47. The summed E-state index contributed by atoms with van der Waals surface area (Å²) in [7, 11) is 0. The minimum absolute atomic E-state index is 0.337. The van der Waals surface area contributed by atoms with E-state index in [-0.39, 0.29) is 0 Å². The van der Waals surface area contributed by atoms with Crippen LogP contribution in [-0.2, 0) is 9.53 Å². The molecule has 3 heteroatoms. The first-order valence-electron chi connectivity index (χ1n) is 12.0. The van der Waals surface area contributed by atoms with Crippen molar-refractivity contribution in [3.8, 4) is 0 Å². The maximum atomic E-state index is 10.4. The van der Waals surface area contributed by atoms with Crippen LogP contribution in [0.5, 0.6) is 0 Å². The van der Waals surface area contributed by atoms with E-state index in [0.717, 1.165) is 25.9 Å². The highest BCUT2D eigenvalue weighted by molar-refractivity contribution is 5.66. The van der Waals surface area contributed by atoms with Crippen molar-refractivity contribution < 1.29 is 14.6 Å². The summed E-state index contributed by atoms with van der Waals surface area (Å²) in [5, 5.41) is 8.58. The van der Waals surface area contributed by atoms with Crippen LogP contribution in [0.1, 0.15) is 136 Å². The molecule has 162 valence electrons. The molecule has 0 aromatic heterocycles. The van der Waals surface area contributed by atoms with E-state index < -0.39 is 5.97 Å². The molecule has 27 heavy (non-hydrogen) atoms. The Hall–Kier alpha value is -0.570. The maximum Gasteiger partial charge on any atom is 0.303 e. The van der Waals surface area contributed by atoms with Gasteiger partial charge in [-0.2, -0.15) is 0 Å². The van der Waals surface area contributed by atoms with Gasteiger partial charge in [0.05, 0.1) is 6.10 Å². The lowest BCUT2D eigenvalue weighted by atomic mass is 10.0. The zero-order valence-electron chi connectivity index (χ0n) is 18.5. The first-order valence-corrected chi connectivity index (χ1v) is 12.0. The van der Waals surface area contributed by atoms with Gasteiger partial charge in [-0.1, -0.05) is 104 Å². The molecular formula is C24H48O3. The molecule has 0 aromatic carbocycles. The van der Waals surface area contributed by atoms with Crippen LogP contribution in [0.2, 0.25) is 0 Å². The molecule has 0 heterocycles. The molecule has 0 aliphatic rings. The Bertz CT molecular complexity index is 304. The molecule has 0 aliphatic carbocycles. The Balaban J connectivity index is 3.23. The largest absolute Gasteiger partial charge is 0.481 e. The van der Waals surface area contributed by atoms with Crippen LogP contribution in [-0.4, -0.2) is 23.8 Å². The van der Waals surface area contributed by atoms with Crippen molar-refractivity contribution in [1.29, 1.82) is 0 Å². The molecule has 0 amide bonds. The molecule has 0 aliphatic heterocycles. The fraction of sp³-hybridized carbons (Fsp3) is 0.958. The lowest BCUT2D eigenvalue weighted by molar-refractivity contribution is -0.137. The SMILES string of the molecule is CCCCCCOC(CC)CCCCCCCCCCCCCCC(=O)O. The van der Waals surface area contributed by atoms with Gasteiger partial charge in [-0.05, 0) is 25.7 Å². The van der Waals surface area contributed by atoms with Crippen LogP contribution in [0.4, 0.5) is 0 Å². The number of ether oxygens (including phenoxy) is 1. The third-order valence-electron chi connectivity index (χ3n) is 5.47. The van der Waals surface area contributed by atoms with Crippen molar-refractivity contribution in [2.45, 2.75) is 142 Å². The van der Waals surface area contributed by atoms with E-state index in [4.69, 9.17) is 9.84 Å². The van der Waals surface area contributed by atoms with Crippen LogP contribution in [0, 0.1) is 0 Å². The smallest absolute Gasteiger partial charge is 0.303 e. The highest BCUT2D eigenvalue weighted by Crippen LogP contribution is 2.15. The Kier molecular flexibility index (Phi) is 21.3. The van der Waals surface area contributed by atoms with Crippen LogP contribution >= 0.6 is 0 Å². The average molecular weight is 385 g/mol. The molecule has 0 fully saturated rings. The van der Waals surface area contributed by atoms with E-state index in [1.165, 1.54) is 96.3 Å². The van der Waals surface area contributed by atoms with Gasteiger partial charge in [0, 0.05) is 13.0 Å². The minimum Gasteiger partial charge on any atom is -0.481 e. The van der Waals surface area contributed by atoms with Gasteiger partial charge in [0.15, 0.2) is 0 Å². The number of carboxylic acids is 1. The lowest BCUT2D eigenvalue weighted by Crippen LogP contribution is -2.12. The number of unbranched alkanes of at least 4 members (excludes halogenated alkanes) is 14. The lowest BCUT2D eigenvalue weighted by Gasteiger charge is -2.16. The number of carboxylic acid groups (broad SMARTS) is 1. The highest BCUT2D eigenvalue weighted by atomic mass is 16.5. The molecule has 1 unspecified atom stereocenters. The monoisotopic (exact) mass is 384 g/mol. The van der Waals surface area contributed by atoms with Gasteiger partial charge in [-0.15, -0.1) is 0 Å². The van der Waals surface area contributed by atoms with E-state index in [2.05, 4.69) is 13.8 Å². The fourth-order valence-electron chi connectivity index (χ4n) is 3.60. The third kappa shape index (κ3) is 21.6. The molecule has 1 atom stereocenters. The average Bonchev–Trinajstić information content (AvgIpc) is 2.66. The van der Waals surface area contributed by atoms with Crippen molar-refractivity contribution in [1.82, 2.24) is 0 Å². The van der Waals surface area contributed by atoms with Gasteiger partial charge in [0.1, 0.15) is 0 Å². The van der Waals surface area contributed by atoms with Gasteiger partial charge in [0.2, 0.25) is 0 Å². The van der Waals surface area contributed by atoms with Crippen LogP contribution in [0.25, 0.3) is 0 Å². The normalized spacial score (nSPS) is 12.4. The second-order valence-electron chi connectivity index (χ2n) is 8.14. The van der Waals surface area contributed by atoms with E-state index >= 15 is 0 Å². The molecule has 0 bridgehead atoms. The van der Waals surface area contributed by atoms with Crippen LogP contribution in [0.3, 0.4) is 0 Å². The summed E-state index contributed by atoms with van der Waals surface area (Å²) in [4.78, 5) is 10.4. The van der Waals surface area contributed by atoms with Crippen LogP contribution in [0.15, 0.2) is 0 Å². The summed E-state index contributed by atoms with van der Waals surface area (Å²) in [6.45, 7) is 5.46. The van der Waals surface area contributed by atoms with Gasteiger partial charge in [-0.3, -0.25) is 4.79 Å². The number of rotatable bonds is 22. The summed E-state index contributed by atoms with van der Waals surface area (Å²) in [6.07, 6.45) is 23.7. The van der Waals surface area contributed by atoms with Gasteiger partial charge in [-0.25, -0.2) is 0 Å². The van der Waals surface area contributed by atoms with E-state index in [1.807, 2.05) is 0 Å². The number of hydrogen-bond acceptors (Lipinski definition) is 2. The summed E-state index contributed by atoms with van der Waals surface area (Å²) < 4.78 is 6.03. The van der Waals surface area contributed by atoms with Gasteiger partial charge in [0.25, 0.3) is 0 Å². The maximum absolute atomic E-state index is 10.4.